The van der Waals surface area contributed by atoms with Crippen LogP contribution in [0.3, 0.4) is 0 Å². The minimum absolute atomic E-state index is 0.00168. The maximum absolute atomic E-state index is 12.0. The number of hydrogen-bond acceptors (Lipinski definition) is 3. The number of carbonyl (C=O) groups excluding carboxylic acids is 1. The van der Waals surface area contributed by atoms with Crippen molar-refractivity contribution in [2.24, 2.45) is 0 Å². The number of furan rings is 1. The molecule has 112 valence electrons. The van der Waals surface area contributed by atoms with Crippen LogP contribution in [0.4, 0.5) is 0 Å². The highest BCUT2D eigenvalue weighted by atomic mass is 32.2. The Balaban J connectivity index is 1.98. The molecule has 0 bridgehead atoms. The van der Waals surface area contributed by atoms with Crippen molar-refractivity contribution in [3.8, 4) is 0 Å². The van der Waals surface area contributed by atoms with E-state index in [1.807, 2.05) is 66.9 Å². The first-order valence-corrected chi connectivity index (χ1v) is 8.49. The van der Waals surface area contributed by atoms with E-state index in [4.69, 9.17) is 4.42 Å². The van der Waals surface area contributed by atoms with E-state index >= 15 is 0 Å². The monoisotopic (exact) mass is 311 g/mol. The number of amides is 1. The van der Waals surface area contributed by atoms with E-state index in [9.17, 15) is 4.79 Å². The van der Waals surface area contributed by atoms with Crippen molar-refractivity contribution in [2.45, 2.75) is 6.04 Å². The average molecular weight is 311 g/mol. The molecule has 0 aliphatic heterocycles. The zero-order valence-electron chi connectivity index (χ0n) is 12.3. The van der Waals surface area contributed by atoms with Crippen molar-refractivity contribution in [2.75, 3.05) is 12.0 Å². The minimum Gasteiger partial charge on any atom is -0.459 e. The number of para-hydroxylation sites is 1. The fourth-order valence-electron chi connectivity index (χ4n) is 2.44. The summed E-state index contributed by atoms with van der Waals surface area (Å²) in [6, 6.07) is 19.5. The number of rotatable bonds is 5. The molecule has 1 atom stereocenters. The second-order valence-corrected chi connectivity index (χ2v) is 5.90. The minimum atomic E-state index is -0.270. The lowest BCUT2D eigenvalue weighted by atomic mass is 10.0. The van der Waals surface area contributed by atoms with Gasteiger partial charge in [-0.15, -0.1) is 0 Å². The third-order valence-electron chi connectivity index (χ3n) is 3.44. The number of hydrogen-bond donors (Lipinski definition) is 1. The van der Waals surface area contributed by atoms with Gasteiger partial charge in [-0.1, -0.05) is 48.5 Å². The highest BCUT2D eigenvalue weighted by Gasteiger charge is 2.20. The summed E-state index contributed by atoms with van der Waals surface area (Å²) in [5, 5.41) is 4.10. The summed E-state index contributed by atoms with van der Waals surface area (Å²) in [7, 11) is 0. The summed E-state index contributed by atoms with van der Waals surface area (Å²) in [4.78, 5) is 12.0. The standard InChI is InChI=1S/C18H17NO2S/c1-22-12-17(20)19-18(13-7-3-2-4-8-13)16-11-14-9-5-6-10-15(14)21-16/h2-11,18H,12H2,1H3,(H,19,20). The quantitative estimate of drug-likeness (QED) is 0.774. The Bertz CT molecular complexity index is 734. The topological polar surface area (TPSA) is 42.2 Å². The molecule has 1 aromatic heterocycles. The van der Waals surface area contributed by atoms with Gasteiger partial charge in [-0.25, -0.2) is 0 Å². The van der Waals surface area contributed by atoms with Gasteiger partial charge in [0.15, 0.2) is 0 Å². The summed E-state index contributed by atoms with van der Waals surface area (Å²) in [5.74, 6) is 1.19. The number of fused-ring (bicyclic) bond motifs is 1. The maximum atomic E-state index is 12.0. The zero-order valence-corrected chi connectivity index (χ0v) is 13.1. The van der Waals surface area contributed by atoms with E-state index < -0.39 is 0 Å². The molecule has 0 saturated carbocycles. The van der Waals surface area contributed by atoms with E-state index in [0.717, 1.165) is 22.3 Å². The third kappa shape index (κ3) is 3.17. The maximum Gasteiger partial charge on any atom is 0.230 e. The molecule has 0 fully saturated rings. The first kappa shape index (κ1) is 14.7. The molecule has 1 heterocycles. The van der Waals surface area contributed by atoms with Crippen molar-refractivity contribution in [1.82, 2.24) is 5.32 Å². The van der Waals surface area contributed by atoms with Crippen LogP contribution in [0.25, 0.3) is 11.0 Å². The summed E-state index contributed by atoms with van der Waals surface area (Å²) in [6.45, 7) is 0. The molecule has 3 aromatic rings. The van der Waals surface area contributed by atoms with Gasteiger partial charge in [-0.2, -0.15) is 11.8 Å². The van der Waals surface area contributed by atoms with E-state index in [2.05, 4.69) is 5.32 Å². The molecule has 0 saturated heterocycles. The third-order valence-corrected chi connectivity index (χ3v) is 3.99. The highest BCUT2D eigenvalue weighted by Crippen LogP contribution is 2.28. The Morgan fingerprint density at radius 3 is 2.59 bits per heavy atom. The summed E-state index contributed by atoms with van der Waals surface area (Å²) < 4.78 is 5.94. The van der Waals surface area contributed by atoms with Gasteiger partial charge in [0.25, 0.3) is 0 Å². The second kappa shape index (κ2) is 6.71. The normalized spacial score (nSPS) is 12.2. The Morgan fingerprint density at radius 2 is 1.86 bits per heavy atom. The molecule has 2 aromatic carbocycles. The van der Waals surface area contributed by atoms with Crippen LogP contribution < -0.4 is 5.32 Å². The van der Waals surface area contributed by atoms with E-state index in [0.29, 0.717) is 5.75 Å². The molecular weight excluding hydrogens is 294 g/mol. The molecule has 0 aliphatic rings. The fourth-order valence-corrected chi connectivity index (χ4v) is 2.79. The van der Waals surface area contributed by atoms with E-state index in [1.165, 1.54) is 11.8 Å². The summed E-state index contributed by atoms with van der Waals surface area (Å²) in [5.41, 5.74) is 1.84. The number of nitrogens with one attached hydrogen (secondary N) is 1. The van der Waals surface area contributed by atoms with Crippen molar-refractivity contribution < 1.29 is 9.21 Å². The van der Waals surface area contributed by atoms with Crippen molar-refractivity contribution in [3.05, 3.63) is 72.0 Å². The van der Waals surface area contributed by atoms with Crippen molar-refractivity contribution >= 4 is 28.6 Å². The molecule has 0 spiro atoms. The van der Waals surface area contributed by atoms with Crippen molar-refractivity contribution in [1.29, 1.82) is 0 Å². The molecule has 3 nitrogen and oxygen atoms in total. The molecule has 1 N–H and O–H groups in total. The van der Waals surface area contributed by atoms with Gasteiger partial charge in [0.05, 0.1) is 5.75 Å². The molecule has 4 heteroatoms. The number of benzene rings is 2. The van der Waals surface area contributed by atoms with Gasteiger partial charge in [0.2, 0.25) is 5.91 Å². The molecule has 1 unspecified atom stereocenters. The van der Waals surface area contributed by atoms with Gasteiger partial charge in [0, 0.05) is 5.39 Å². The summed E-state index contributed by atoms with van der Waals surface area (Å²) in [6.07, 6.45) is 1.91. The Kier molecular flexibility index (Phi) is 4.49. The predicted molar refractivity (Wildman–Crippen MR) is 91.0 cm³/mol. The van der Waals surface area contributed by atoms with Crippen LogP contribution in [-0.2, 0) is 4.79 Å². The largest absolute Gasteiger partial charge is 0.459 e. The summed E-state index contributed by atoms with van der Waals surface area (Å²) >= 11 is 1.50. The van der Waals surface area contributed by atoms with Gasteiger partial charge < -0.3 is 9.73 Å². The molecule has 3 rings (SSSR count). The average Bonchev–Trinajstić information content (AvgIpc) is 2.97. The van der Waals surface area contributed by atoms with Crippen LogP contribution in [-0.4, -0.2) is 17.9 Å². The molecule has 22 heavy (non-hydrogen) atoms. The van der Waals surface area contributed by atoms with Crippen LogP contribution in [0.15, 0.2) is 65.1 Å². The number of thioether (sulfide) groups is 1. The second-order valence-electron chi connectivity index (χ2n) is 5.03. The first-order valence-electron chi connectivity index (χ1n) is 7.09. The number of carbonyl (C=O) groups is 1. The van der Waals surface area contributed by atoms with Gasteiger partial charge in [-0.05, 0) is 24.0 Å². The molecule has 1 amide bonds. The van der Waals surface area contributed by atoms with Crippen molar-refractivity contribution in [3.63, 3.8) is 0 Å². The lowest BCUT2D eigenvalue weighted by Crippen LogP contribution is -2.30. The van der Waals surface area contributed by atoms with Crippen LogP contribution in [0.5, 0.6) is 0 Å². The highest BCUT2D eigenvalue weighted by molar-refractivity contribution is 7.99. The zero-order chi connectivity index (χ0) is 15.4. The van der Waals surface area contributed by atoms with E-state index in [1.54, 1.807) is 0 Å². The smallest absolute Gasteiger partial charge is 0.230 e. The Hall–Kier alpha value is -2.20. The predicted octanol–water partition coefficient (Wildman–Crippen LogP) is 4.00. The van der Waals surface area contributed by atoms with Gasteiger partial charge in [-0.3, -0.25) is 4.79 Å². The van der Waals surface area contributed by atoms with Crippen LogP contribution in [0.1, 0.15) is 17.4 Å². The van der Waals surface area contributed by atoms with Crippen LogP contribution >= 0.6 is 11.8 Å². The Morgan fingerprint density at radius 1 is 1.14 bits per heavy atom. The lowest BCUT2D eigenvalue weighted by molar-refractivity contribution is -0.119. The Labute approximate surface area is 133 Å². The first-order chi connectivity index (χ1) is 10.8. The molecular formula is C18H17NO2S. The SMILES string of the molecule is CSCC(=O)NC(c1ccccc1)c1cc2ccccc2o1. The van der Waals surface area contributed by atoms with Crippen LogP contribution in [0, 0.1) is 0 Å². The van der Waals surface area contributed by atoms with Gasteiger partial charge >= 0.3 is 0 Å². The van der Waals surface area contributed by atoms with E-state index in [-0.39, 0.29) is 11.9 Å². The van der Waals surface area contributed by atoms with Crippen LogP contribution in [0.2, 0.25) is 0 Å². The fraction of sp³-hybridized carbons (Fsp3) is 0.167. The molecule has 0 aliphatic carbocycles. The molecule has 0 radical (unpaired) electrons. The van der Waals surface area contributed by atoms with Gasteiger partial charge in [0.1, 0.15) is 17.4 Å². The lowest BCUT2D eigenvalue weighted by Gasteiger charge is -2.16.